The van der Waals surface area contributed by atoms with E-state index in [9.17, 15) is 4.79 Å². The van der Waals surface area contributed by atoms with Crippen molar-refractivity contribution >= 4 is 41.7 Å². The molecule has 2 aliphatic rings. The van der Waals surface area contributed by atoms with E-state index >= 15 is 0 Å². The van der Waals surface area contributed by atoms with Crippen molar-refractivity contribution in [2.75, 3.05) is 57.3 Å². The number of amides is 1. The molecule has 0 aromatic carbocycles. The Balaban J connectivity index is 0.00000385. The molecule has 1 aromatic heterocycles. The van der Waals surface area contributed by atoms with Crippen molar-refractivity contribution in [1.82, 2.24) is 25.4 Å². The van der Waals surface area contributed by atoms with Crippen LogP contribution in [0.2, 0.25) is 0 Å². The fourth-order valence-corrected chi connectivity index (χ4v) is 4.31. The summed E-state index contributed by atoms with van der Waals surface area (Å²) in [5, 5.41) is 6.42. The second-order valence-corrected chi connectivity index (χ2v) is 9.08. The normalized spacial score (nSPS) is 18.0. The fraction of sp³-hybridized carbons (Fsp3) is 0.708. The summed E-state index contributed by atoms with van der Waals surface area (Å²) in [5.41, 5.74) is 1.19. The minimum atomic E-state index is 0. The van der Waals surface area contributed by atoms with Crippen LogP contribution in [-0.2, 0) is 11.3 Å². The van der Waals surface area contributed by atoms with E-state index in [-0.39, 0.29) is 35.9 Å². The number of carbonyl (C=O) groups excluding carboxylic acids is 1. The summed E-state index contributed by atoms with van der Waals surface area (Å²) in [6.07, 6.45) is 7.06. The highest BCUT2D eigenvalue weighted by atomic mass is 127. The topological polar surface area (TPSA) is 76.1 Å². The molecular weight excluding hydrogens is 529 g/mol. The molecule has 0 spiro atoms. The number of guanidine groups is 1. The standard InChI is InChI=1S/C24H41N7O.HI/c1-4-25-24(31-15-13-29(14-16-31)19-23(32)28-20(2)3)27-18-21-9-10-26-22(17-21)30-11-7-5-6-8-12-30;/h9-10,17,20H,4-8,11-16,18-19H2,1-3H3,(H,25,27)(H,28,32);1H. The number of hydrogen-bond donors (Lipinski definition) is 2. The van der Waals surface area contributed by atoms with Crippen LogP contribution in [0.1, 0.15) is 52.0 Å². The molecule has 186 valence electrons. The van der Waals surface area contributed by atoms with Crippen LogP contribution in [0.15, 0.2) is 23.3 Å². The summed E-state index contributed by atoms with van der Waals surface area (Å²) < 4.78 is 0. The van der Waals surface area contributed by atoms with E-state index in [2.05, 4.69) is 49.4 Å². The van der Waals surface area contributed by atoms with Crippen LogP contribution >= 0.6 is 24.0 Å². The van der Waals surface area contributed by atoms with Crippen LogP contribution in [-0.4, -0.2) is 85.1 Å². The van der Waals surface area contributed by atoms with Gasteiger partial charge in [0.25, 0.3) is 0 Å². The van der Waals surface area contributed by atoms with Gasteiger partial charge in [-0.2, -0.15) is 0 Å². The molecule has 0 unspecified atom stereocenters. The number of carbonyl (C=O) groups is 1. The van der Waals surface area contributed by atoms with Crippen molar-refractivity contribution in [2.24, 2.45) is 4.99 Å². The first-order valence-electron chi connectivity index (χ1n) is 12.3. The molecule has 0 radical (unpaired) electrons. The number of nitrogens with zero attached hydrogens (tertiary/aromatic N) is 5. The number of aromatic nitrogens is 1. The molecule has 3 rings (SSSR count). The second-order valence-electron chi connectivity index (χ2n) is 9.08. The molecule has 9 heteroatoms. The lowest BCUT2D eigenvalue weighted by atomic mass is 10.2. The van der Waals surface area contributed by atoms with Crippen molar-refractivity contribution in [3.05, 3.63) is 23.9 Å². The third-order valence-corrected chi connectivity index (χ3v) is 5.97. The smallest absolute Gasteiger partial charge is 0.234 e. The molecule has 0 saturated carbocycles. The Kier molecular flexibility index (Phi) is 12.2. The van der Waals surface area contributed by atoms with E-state index in [4.69, 9.17) is 4.99 Å². The molecule has 3 heterocycles. The van der Waals surface area contributed by atoms with E-state index in [1.54, 1.807) is 0 Å². The third-order valence-electron chi connectivity index (χ3n) is 5.97. The molecule has 2 N–H and O–H groups in total. The number of hydrogen-bond acceptors (Lipinski definition) is 5. The maximum Gasteiger partial charge on any atom is 0.234 e. The number of pyridine rings is 1. The zero-order valence-corrected chi connectivity index (χ0v) is 22.9. The average molecular weight is 572 g/mol. The van der Waals surface area contributed by atoms with E-state index in [1.807, 2.05) is 20.0 Å². The number of halogens is 1. The lowest BCUT2D eigenvalue weighted by Crippen LogP contribution is -2.54. The van der Waals surface area contributed by atoms with Crippen LogP contribution in [0.5, 0.6) is 0 Å². The lowest BCUT2D eigenvalue weighted by molar-refractivity contribution is -0.123. The van der Waals surface area contributed by atoms with Gasteiger partial charge in [-0.15, -0.1) is 24.0 Å². The van der Waals surface area contributed by atoms with Gasteiger partial charge in [-0.1, -0.05) is 12.8 Å². The Labute approximate surface area is 216 Å². The van der Waals surface area contributed by atoms with E-state index < -0.39 is 0 Å². The molecular formula is C24H42IN7O. The number of aliphatic imine (C=N–C) groups is 1. The zero-order valence-electron chi connectivity index (χ0n) is 20.6. The van der Waals surface area contributed by atoms with Gasteiger partial charge in [0.05, 0.1) is 13.1 Å². The maximum absolute atomic E-state index is 12.0. The highest BCUT2D eigenvalue weighted by molar-refractivity contribution is 14.0. The van der Waals surface area contributed by atoms with Gasteiger partial charge in [0.1, 0.15) is 5.82 Å². The minimum absolute atomic E-state index is 0. The Bertz CT molecular complexity index is 742. The van der Waals surface area contributed by atoms with E-state index in [1.165, 1.54) is 31.2 Å². The summed E-state index contributed by atoms with van der Waals surface area (Å²) in [6.45, 7) is 13.7. The zero-order chi connectivity index (χ0) is 22.8. The first-order valence-corrected chi connectivity index (χ1v) is 12.3. The van der Waals surface area contributed by atoms with Gasteiger partial charge in [-0.05, 0) is 51.3 Å². The highest BCUT2D eigenvalue weighted by Crippen LogP contribution is 2.18. The number of rotatable bonds is 7. The van der Waals surface area contributed by atoms with Gasteiger partial charge >= 0.3 is 0 Å². The summed E-state index contributed by atoms with van der Waals surface area (Å²) in [4.78, 5) is 28.5. The Morgan fingerprint density at radius 3 is 2.42 bits per heavy atom. The number of piperazine rings is 1. The number of anilines is 1. The van der Waals surface area contributed by atoms with Gasteiger partial charge in [-0.25, -0.2) is 9.98 Å². The van der Waals surface area contributed by atoms with Gasteiger partial charge < -0.3 is 20.4 Å². The van der Waals surface area contributed by atoms with Crippen LogP contribution in [0.3, 0.4) is 0 Å². The van der Waals surface area contributed by atoms with Gasteiger partial charge in [-0.3, -0.25) is 9.69 Å². The minimum Gasteiger partial charge on any atom is -0.357 e. The summed E-state index contributed by atoms with van der Waals surface area (Å²) in [5.74, 6) is 2.14. The van der Waals surface area contributed by atoms with Crippen LogP contribution in [0.25, 0.3) is 0 Å². The fourth-order valence-electron chi connectivity index (χ4n) is 4.31. The predicted octanol–water partition coefficient (Wildman–Crippen LogP) is 2.69. The van der Waals surface area contributed by atoms with Gasteiger partial charge in [0.2, 0.25) is 5.91 Å². The molecule has 8 nitrogen and oxygen atoms in total. The van der Waals surface area contributed by atoms with Crippen LogP contribution in [0.4, 0.5) is 5.82 Å². The van der Waals surface area contributed by atoms with Crippen molar-refractivity contribution in [2.45, 2.75) is 59.0 Å². The van der Waals surface area contributed by atoms with E-state index in [0.717, 1.165) is 57.6 Å². The van der Waals surface area contributed by atoms with E-state index in [0.29, 0.717) is 13.1 Å². The largest absolute Gasteiger partial charge is 0.357 e. The van der Waals surface area contributed by atoms with Crippen molar-refractivity contribution < 1.29 is 4.79 Å². The quantitative estimate of drug-likeness (QED) is 0.298. The van der Waals surface area contributed by atoms with Crippen molar-refractivity contribution in [1.29, 1.82) is 0 Å². The SMILES string of the molecule is CCNC(=NCc1ccnc(N2CCCCCC2)c1)N1CCN(CC(=O)NC(C)C)CC1.I. The first kappa shape index (κ1) is 27.6. The lowest BCUT2D eigenvalue weighted by Gasteiger charge is -2.36. The monoisotopic (exact) mass is 571 g/mol. The summed E-state index contributed by atoms with van der Waals surface area (Å²) in [6, 6.07) is 4.45. The molecule has 2 fully saturated rings. The Morgan fingerprint density at radius 1 is 1.09 bits per heavy atom. The maximum atomic E-state index is 12.0. The highest BCUT2D eigenvalue weighted by Gasteiger charge is 2.21. The average Bonchev–Trinajstić information content (AvgIpc) is 3.07. The summed E-state index contributed by atoms with van der Waals surface area (Å²) in [7, 11) is 0. The second kappa shape index (κ2) is 14.6. The van der Waals surface area contributed by atoms with Gasteiger partial charge in [0, 0.05) is 58.1 Å². The Morgan fingerprint density at radius 2 is 1.79 bits per heavy atom. The third kappa shape index (κ3) is 9.27. The molecule has 1 aromatic rings. The van der Waals surface area contributed by atoms with Crippen LogP contribution in [0, 0.1) is 0 Å². The molecule has 33 heavy (non-hydrogen) atoms. The number of nitrogens with one attached hydrogen (secondary N) is 2. The molecule has 0 bridgehead atoms. The van der Waals surface area contributed by atoms with Crippen molar-refractivity contribution in [3.8, 4) is 0 Å². The molecule has 0 aliphatic carbocycles. The molecule has 2 aliphatic heterocycles. The first-order chi connectivity index (χ1) is 15.5. The summed E-state index contributed by atoms with van der Waals surface area (Å²) >= 11 is 0. The molecule has 1 amide bonds. The van der Waals surface area contributed by atoms with Crippen molar-refractivity contribution in [3.63, 3.8) is 0 Å². The molecule has 0 atom stereocenters. The van der Waals surface area contributed by atoms with Gasteiger partial charge in [0.15, 0.2) is 5.96 Å². The molecule has 2 saturated heterocycles. The Hall–Kier alpha value is -1.62. The predicted molar refractivity (Wildman–Crippen MR) is 146 cm³/mol. The van der Waals surface area contributed by atoms with Crippen LogP contribution < -0.4 is 15.5 Å².